The fourth-order valence-electron chi connectivity index (χ4n) is 1.94. The van der Waals surface area contributed by atoms with Crippen molar-refractivity contribution >= 4 is 23.0 Å². The number of amides is 1. The van der Waals surface area contributed by atoms with Crippen molar-refractivity contribution in [2.24, 2.45) is 0 Å². The zero-order chi connectivity index (χ0) is 14.5. The number of likely N-dealkylation sites (N-methyl/N-ethyl adjacent to an activating group) is 1. The minimum absolute atomic E-state index is 0.220. The number of esters is 1. The Labute approximate surface area is 116 Å². The van der Waals surface area contributed by atoms with E-state index in [1.807, 2.05) is 6.92 Å². The Balaban J connectivity index is 2.20. The van der Waals surface area contributed by atoms with Crippen molar-refractivity contribution in [3.8, 4) is 0 Å². The van der Waals surface area contributed by atoms with Crippen LogP contribution in [0.1, 0.15) is 34.1 Å². The zero-order valence-corrected chi connectivity index (χ0v) is 11.6. The number of rotatable bonds is 7. The molecule has 2 rings (SSSR count). The lowest BCUT2D eigenvalue weighted by molar-refractivity contribution is 0.0504. The van der Waals surface area contributed by atoms with Gasteiger partial charge in [-0.15, -0.1) is 0 Å². The molecule has 2 heterocycles. The van der Waals surface area contributed by atoms with Crippen molar-refractivity contribution in [3.05, 3.63) is 23.3 Å². The van der Waals surface area contributed by atoms with Crippen molar-refractivity contribution in [3.63, 3.8) is 0 Å². The lowest BCUT2D eigenvalue weighted by Crippen LogP contribution is -2.31. The molecule has 20 heavy (non-hydrogen) atoms. The summed E-state index contributed by atoms with van der Waals surface area (Å²) in [7, 11) is 1.80. The Bertz CT molecular complexity index is 590. The minimum Gasteiger partial charge on any atom is -0.462 e. The van der Waals surface area contributed by atoms with E-state index in [0.717, 1.165) is 6.42 Å². The second kappa shape index (κ2) is 6.38. The van der Waals surface area contributed by atoms with Gasteiger partial charge in [0.1, 0.15) is 22.3 Å². The van der Waals surface area contributed by atoms with Crippen molar-refractivity contribution in [2.75, 3.05) is 26.7 Å². The Morgan fingerprint density at radius 1 is 1.20 bits per heavy atom. The predicted molar refractivity (Wildman–Crippen MR) is 74.2 cm³/mol. The quantitative estimate of drug-likeness (QED) is 0.591. The maximum atomic E-state index is 12.1. The molecule has 6 nitrogen and oxygen atoms in total. The van der Waals surface area contributed by atoms with Crippen LogP contribution in [0.3, 0.4) is 0 Å². The summed E-state index contributed by atoms with van der Waals surface area (Å²) in [5.41, 5.74) is 1.28. The third-order valence-corrected chi connectivity index (χ3v) is 2.88. The van der Waals surface area contributed by atoms with Gasteiger partial charge in [0, 0.05) is 13.1 Å². The molecular weight excluding hydrogens is 260 g/mol. The van der Waals surface area contributed by atoms with E-state index < -0.39 is 5.97 Å². The highest BCUT2D eigenvalue weighted by Gasteiger charge is 2.28. The van der Waals surface area contributed by atoms with Crippen LogP contribution in [0.2, 0.25) is 0 Å². The largest absolute Gasteiger partial charge is 0.462 e. The van der Waals surface area contributed by atoms with E-state index in [-0.39, 0.29) is 17.0 Å². The van der Waals surface area contributed by atoms with Gasteiger partial charge in [-0.25, -0.2) is 4.79 Å². The Morgan fingerprint density at radius 3 is 2.55 bits per heavy atom. The first-order chi connectivity index (χ1) is 9.69. The van der Waals surface area contributed by atoms with E-state index in [0.29, 0.717) is 30.9 Å². The molecule has 0 saturated heterocycles. The predicted octanol–water partition coefficient (Wildman–Crippen LogP) is 1.39. The number of carbonyl (C=O) groups is 2. The summed E-state index contributed by atoms with van der Waals surface area (Å²) in [6.07, 6.45) is 0.728. The Hall–Kier alpha value is -2.08. The Kier molecular flexibility index (Phi) is 4.57. The molecule has 6 heteroatoms. The van der Waals surface area contributed by atoms with Gasteiger partial charge in [-0.2, -0.15) is 0 Å². The third-order valence-electron chi connectivity index (χ3n) is 2.88. The molecule has 0 unspecified atom stereocenters. The molecule has 0 aliphatic carbocycles. The van der Waals surface area contributed by atoms with Gasteiger partial charge < -0.3 is 19.8 Å². The van der Waals surface area contributed by atoms with Gasteiger partial charge in [-0.1, -0.05) is 6.92 Å². The molecule has 0 spiro atoms. The molecular formula is C14H18N2O4. The summed E-state index contributed by atoms with van der Waals surface area (Å²) in [5, 5.41) is 5.67. The summed E-state index contributed by atoms with van der Waals surface area (Å²) in [6.45, 7) is 3.36. The number of nitrogens with one attached hydrogen (secondary N) is 2. The Morgan fingerprint density at radius 2 is 1.90 bits per heavy atom. The SMILES string of the molecule is CCCOC(=O)c1c(C(=O)NCCNC)c2ccc1o2. The number of carbonyl (C=O) groups excluding carboxylic acids is 2. The lowest BCUT2D eigenvalue weighted by Gasteiger charge is -2.07. The third kappa shape index (κ3) is 2.75. The molecule has 108 valence electrons. The van der Waals surface area contributed by atoms with Gasteiger partial charge in [-0.05, 0) is 25.6 Å². The summed E-state index contributed by atoms with van der Waals surface area (Å²) in [5.74, 6) is -0.835. The van der Waals surface area contributed by atoms with Crippen LogP contribution in [0.4, 0.5) is 0 Å². The van der Waals surface area contributed by atoms with Crippen LogP contribution in [-0.4, -0.2) is 38.6 Å². The van der Waals surface area contributed by atoms with Crippen molar-refractivity contribution in [2.45, 2.75) is 13.3 Å². The van der Waals surface area contributed by atoms with Crippen molar-refractivity contribution < 1.29 is 18.7 Å². The van der Waals surface area contributed by atoms with Crippen molar-refractivity contribution in [1.29, 1.82) is 0 Å². The smallest absolute Gasteiger partial charge is 0.342 e. The van der Waals surface area contributed by atoms with Gasteiger partial charge >= 0.3 is 5.97 Å². The molecule has 0 atom stereocenters. The van der Waals surface area contributed by atoms with Crippen LogP contribution in [0, 0.1) is 0 Å². The van der Waals surface area contributed by atoms with E-state index in [1.54, 1.807) is 19.2 Å². The topological polar surface area (TPSA) is 80.6 Å². The zero-order valence-electron chi connectivity index (χ0n) is 11.6. The van der Waals surface area contributed by atoms with Crippen LogP contribution in [0.15, 0.2) is 16.5 Å². The molecule has 1 amide bonds. The molecule has 0 radical (unpaired) electrons. The van der Waals surface area contributed by atoms with Gasteiger partial charge in [0.15, 0.2) is 0 Å². The first-order valence-corrected chi connectivity index (χ1v) is 6.63. The van der Waals surface area contributed by atoms with Gasteiger partial charge in [-0.3, -0.25) is 4.79 Å². The van der Waals surface area contributed by atoms with E-state index >= 15 is 0 Å². The molecule has 2 N–H and O–H groups in total. The standard InChI is InChI=1S/C14H18N2O4/c1-3-8-19-14(18)12-10-5-4-9(20-10)11(12)13(17)16-7-6-15-2/h4-5,15H,3,6-8H2,1-2H3,(H,16,17). The van der Waals surface area contributed by atoms with Gasteiger partial charge in [0.05, 0.1) is 6.61 Å². The average Bonchev–Trinajstić information content (AvgIpc) is 3.05. The van der Waals surface area contributed by atoms with Crippen LogP contribution in [0.25, 0.3) is 11.2 Å². The minimum atomic E-state index is -0.514. The maximum Gasteiger partial charge on any atom is 0.342 e. The summed E-state index contributed by atoms with van der Waals surface area (Å²) in [6, 6.07) is 3.35. The van der Waals surface area contributed by atoms with E-state index in [1.165, 1.54) is 0 Å². The number of hydrogen-bond donors (Lipinski definition) is 2. The van der Waals surface area contributed by atoms with Crippen LogP contribution >= 0.6 is 0 Å². The van der Waals surface area contributed by atoms with Crippen LogP contribution in [0.5, 0.6) is 0 Å². The number of ether oxygens (including phenoxy) is 1. The highest BCUT2D eigenvalue weighted by atomic mass is 16.5. The number of benzene rings is 1. The molecule has 0 aliphatic rings. The monoisotopic (exact) mass is 278 g/mol. The summed E-state index contributed by atoms with van der Waals surface area (Å²) < 4.78 is 10.5. The number of furan rings is 2. The molecule has 2 aromatic rings. The molecule has 0 aliphatic heterocycles. The van der Waals surface area contributed by atoms with E-state index in [2.05, 4.69) is 10.6 Å². The van der Waals surface area contributed by atoms with E-state index in [9.17, 15) is 9.59 Å². The second-order valence-corrected chi connectivity index (χ2v) is 4.41. The molecule has 2 aromatic heterocycles. The first kappa shape index (κ1) is 14.3. The normalized spacial score (nSPS) is 10.9. The molecule has 2 bridgehead atoms. The number of fused-ring (bicyclic) bond motifs is 2. The lowest BCUT2D eigenvalue weighted by atomic mass is 10.1. The first-order valence-electron chi connectivity index (χ1n) is 6.63. The highest BCUT2D eigenvalue weighted by Crippen LogP contribution is 2.29. The molecule has 0 saturated carbocycles. The van der Waals surface area contributed by atoms with Crippen LogP contribution in [-0.2, 0) is 4.74 Å². The maximum absolute atomic E-state index is 12.1. The summed E-state index contributed by atoms with van der Waals surface area (Å²) in [4.78, 5) is 24.2. The summed E-state index contributed by atoms with van der Waals surface area (Å²) >= 11 is 0. The van der Waals surface area contributed by atoms with E-state index in [4.69, 9.17) is 9.15 Å². The highest BCUT2D eigenvalue weighted by molar-refractivity contribution is 6.14. The van der Waals surface area contributed by atoms with Crippen LogP contribution < -0.4 is 10.6 Å². The van der Waals surface area contributed by atoms with Crippen molar-refractivity contribution in [1.82, 2.24) is 10.6 Å². The second-order valence-electron chi connectivity index (χ2n) is 4.41. The molecule has 0 fully saturated rings. The average molecular weight is 278 g/mol. The van der Waals surface area contributed by atoms with Gasteiger partial charge in [0.2, 0.25) is 0 Å². The fourth-order valence-corrected chi connectivity index (χ4v) is 1.94. The van der Waals surface area contributed by atoms with Gasteiger partial charge in [0.25, 0.3) is 5.91 Å². The molecule has 0 aromatic carbocycles. The fraction of sp³-hybridized carbons (Fsp3) is 0.429. The number of hydrogen-bond acceptors (Lipinski definition) is 5.